The Balaban J connectivity index is 1.81. The summed E-state index contributed by atoms with van der Waals surface area (Å²) in [7, 11) is -3.65. The first-order valence-electron chi connectivity index (χ1n) is 8.84. The third-order valence-electron chi connectivity index (χ3n) is 5.48. The molecule has 2 atom stereocenters. The number of carbonyl (C=O) groups is 1. The van der Waals surface area contributed by atoms with Crippen LogP contribution in [-0.2, 0) is 14.8 Å². The van der Waals surface area contributed by atoms with Gasteiger partial charge in [-0.15, -0.1) is 0 Å². The number of rotatable bonds is 4. The van der Waals surface area contributed by atoms with Crippen LogP contribution in [0.25, 0.3) is 0 Å². The van der Waals surface area contributed by atoms with Gasteiger partial charge in [-0.25, -0.2) is 8.42 Å². The monoisotopic (exact) mass is 365 g/mol. The van der Waals surface area contributed by atoms with Crippen molar-refractivity contribution in [2.75, 3.05) is 26.2 Å². The highest BCUT2D eigenvalue weighted by atomic mass is 32.2. The molecule has 2 aliphatic heterocycles. The van der Waals surface area contributed by atoms with Crippen LogP contribution in [-0.4, -0.2) is 55.8 Å². The zero-order valence-electron chi connectivity index (χ0n) is 14.9. The molecular formula is C18H27N3O3S. The maximum absolute atomic E-state index is 13.0. The maximum Gasteiger partial charge on any atom is 0.243 e. The van der Waals surface area contributed by atoms with Crippen molar-refractivity contribution >= 4 is 15.9 Å². The van der Waals surface area contributed by atoms with E-state index in [0.29, 0.717) is 39.0 Å². The number of aryl methyl sites for hydroxylation is 1. The molecule has 138 valence electrons. The summed E-state index contributed by atoms with van der Waals surface area (Å²) in [6.07, 6.45) is 2.16. The van der Waals surface area contributed by atoms with E-state index in [1.54, 1.807) is 29.2 Å². The van der Waals surface area contributed by atoms with E-state index in [-0.39, 0.29) is 16.2 Å². The zero-order chi connectivity index (χ0) is 18.2. The minimum Gasteiger partial charge on any atom is -0.341 e. The number of hydrogen-bond donors (Lipinski definition) is 1. The van der Waals surface area contributed by atoms with Gasteiger partial charge in [-0.05, 0) is 50.3 Å². The summed E-state index contributed by atoms with van der Waals surface area (Å²) >= 11 is 0. The highest BCUT2D eigenvalue weighted by Crippen LogP contribution is 2.32. The summed E-state index contributed by atoms with van der Waals surface area (Å²) in [5.74, 6) is -0.0784. The van der Waals surface area contributed by atoms with E-state index < -0.39 is 16.1 Å². The van der Waals surface area contributed by atoms with Crippen LogP contribution >= 0.6 is 0 Å². The van der Waals surface area contributed by atoms with Crippen LogP contribution in [0.5, 0.6) is 0 Å². The minimum atomic E-state index is -3.65. The van der Waals surface area contributed by atoms with Gasteiger partial charge in [0.25, 0.3) is 0 Å². The van der Waals surface area contributed by atoms with Crippen LogP contribution < -0.4 is 5.73 Å². The smallest absolute Gasteiger partial charge is 0.243 e. The Morgan fingerprint density at radius 3 is 2.56 bits per heavy atom. The van der Waals surface area contributed by atoms with Crippen LogP contribution in [0.4, 0.5) is 0 Å². The average molecular weight is 365 g/mol. The Hall–Kier alpha value is -1.44. The fraction of sp³-hybridized carbons (Fsp3) is 0.611. The number of amides is 1. The van der Waals surface area contributed by atoms with Crippen molar-refractivity contribution in [2.45, 2.75) is 44.0 Å². The van der Waals surface area contributed by atoms with Crippen LogP contribution in [0.15, 0.2) is 29.2 Å². The van der Waals surface area contributed by atoms with Gasteiger partial charge in [0, 0.05) is 19.6 Å². The molecule has 1 aromatic carbocycles. The number of sulfonamides is 1. The highest BCUT2D eigenvalue weighted by Gasteiger charge is 2.44. The fourth-order valence-corrected chi connectivity index (χ4v) is 5.36. The molecule has 2 saturated heterocycles. The van der Waals surface area contributed by atoms with E-state index in [0.717, 1.165) is 12.0 Å². The van der Waals surface area contributed by atoms with Gasteiger partial charge >= 0.3 is 0 Å². The SMILES string of the molecule is Cc1ccc(S(=O)(=O)N2CCCC2C(=O)N2CCC(C)(CN)C2)cc1. The fourth-order valence-electron chi connectivity index (χ4n) is 3.71. The number of nitrogens with zero attached hydrogens (tertiary/aromatic N) is 2. The molecule has 2 N–H and O–H groups in total. The lowest BCUT2D eigenvalue weighted by molar-refractivity contribution is -0.133. The van der Waals surface area contributed by atoms with Crippen molar-refractivity contribution in [1.82, 2.24) is 9.21 Å². The molecule has 2 aliphatic rings. The summed E-state index contributed by atoms with van der Waals surface area (Å²) in [4.78, 5) is 15.0. The molecule has 6 nitrogen and oxygen atoms in total. The second kappa shape index (κ2) is 6.70. The molecule has 1 amide bonds. The quantitative estimate of drug-likeness (QED) is 0.873. The molecule has 2 heterocycles. The predicted octanol–water partition coefficient (Wildman–Crippen LogP) is 1.35. The molecule has 3 rings (SSSR count). The van der Waals surface area contributed by atoms with Gasteiger partial charge in [-0.2, -0.15) is 4.31 Å². The zero-order valence-corrected chi connectivity index (χ0v) is 15.8. The van der Waals surface area contributed by atoms with E-state index in [1.165, 1.54) is 4.31 Å². The lowest BCUT2D eigenvalue weighted by Gasteiger charge is -2.28. The molecule has 0 aliphatic carbocycles. The van der Waals surface area contributed by atoms with Crippen molar-refractivity contribution in [3.05, 3.63) is 29.8 Å². The molecule has 0 spiro atoms. The normalized spacial score (nSPS) is 27.8. The minimum absolute atomic E-state index is 0.0606. The van der Waals surface area contributed by atoms with E-state index in [2.05, 4.69) is 6.92 Å². The third kappa shape index (κ3) is 3.45. The van der Waals surface area contributed by atoms with Crippen molar-refractivity contribution in [3.8, 4) is 0 Å². The number of nitrogens with two attached hydrogens (primary N) is 1. The summed E-state index contributed by atoms with van der Waals surface area (Å²) < 4.78 is 27.4. The molecule has 0 bridgehead atoms. The summed E-state index contributed by atoms with van der Waals surface area (Å²) in [6.45, 7) is 6.19. The number of benzene rings is 1. The number of carbonyl (C=O) groups excluding carboxylic acids is 1. The summed E-state index contributed by atoms with van der Waals surface area (Å²) in [6, 6.07) is 6.21. The Morgan fingerprint density at radius 1 is 1.28 bits per heavy atom. The first-order chi connectivity index (χ1) is 11.8. The second-order valence-corrected chi connectivity index (χ2v) is 9.50. The van der Waals surface area contributed by atoms with E-state index >= 15 is 0 Å². The predicted molar refractivity (Wildman–Crippen MR) is 96.5 cm³/mol. The van der Waals surface area contributed by atoms with Gasteiger partial charge in [0.15, 0.2) is 0 Å². The van der Waals surface area contributed by atoms with Crippen LogP contribution in [0.2, 0.25) is 0 Å². The molecule has 0 saturated carbocycles. The van der Waals surface area contributed by atoms with Gasteiger partial charge in [0.2, 0.25) is 15.9 Å². The Labute approximate surface area is 150 Å². The molecule has 7 heteroatoms. The molecule has 2 fully saturated rings. The van der Waals surface area contributed by atoms with Crippen LogP contribution in [0.3, 0.4) is 0 Å². The average Bonchev–Trinajstić information content (AvgIpc) is 3.22. The van der Waals surface area contributed by atoms with E-state index in [4.69, 9.17) is 5.73 Å². The van der Waals surface area contributed by atoms with Crippen molar-refractivity contribution < 1.29 is 13.2 Å². The Bertz CT molecular complexity index is 747. The first kappa shape index (κ1) is 18.4. The number of likely N-dealkylation sites (tertiary alicyclic amines) is 1. The van der Waals surface area contributed by atoms with E-state index in [1.807, 2.05) is 6.92 Å². The largest absolute Gasteiger partial charge is 0.341 e. The highest BCUT2D eigenvalue weighted by molar-refractivity contribution is 7.89. The lowest BCUT2D eigenvalue weighted by Crippen LogP contribution is -2.47. The van der Waals surface area contributed by atoms with Gasteiger partial charge in [-0.3, -0.25) is 4.79 Å². The van der Waals surface area contributed by atoms with Crippen molar-refractivity contribution in [1.29, 1.82) is 0 Å². The van der Waals surface area contributed by atoms with Gasteiger partial charge in [0.05, 0.1) is 4.90 Å². The molecule has 25 heavy (non-hydrogen) atoms. The van der Waals surface area contributed by atoms with Gasteiger partial charge < -0.3 is 10.6 Å². The van der Waals surface area contributed by atoms with Crippen LogP contribution in [0.1, 0.15) is 31.7 Å². The lowest BCUT2D eigenvalue weighted by atomic mass is 9.90. The van der Waals surface area contributed by atoms with Crippen molar-refractivity contribution in [3.63, 3.8) is 0 Å². The molecule has 0 aromatic heterocycles. The molecule has 2 unspecified atom stereocenters. The first-order valence-corrected chi connectivity index (χ1v) is 10.3. The topological polar surface area (TPSA) is 83.7 Å². The van der Waals surface area contributed by atoms with Crippen molar-refractivity contribution in [2.24, 2.45) is 11.1 Å². The Kier molecular flexibility index (Phi) is 4.92. The van der Waals surface area contributed by atoms with E-state index in [9.17, 15) is 13.2 Å². The van der Waals surface area contributed by atoms with Gasteiger partial charge in [0.1, 0.15) is 6.04 Å². The third-order valence-corrected chi connectivity index (χ3v) is 7.40. The molecule has 1 aromatic rings. The van der Waals surface area contributed by atoms with Crippen LogP contribution in [0, 0.1) is 12.3 Å². The standard InChI is InChI=1S/C18H27N3O3S/c1-14-5-7-15(8-6-14)25(23,24)21-10-3-4-16(21)17(22)20-11-9-18(2,12-19)13-20/h5-8,16H,3-4,9-13,19H2,1-2H3. The summed E-state index contributed by atoms with van der Waals surface area (Å²) in [5, 5.41) is 0. The number of hydrogen-bond acceptors (Lipinski definition) is 4. The second-order valence-electron chi connectivity index (χ2n) is 7.61. The molecule has 0 radical (unpaired) electrons. The van der Waals surface area contributed by atoms with Gasteiger partial charge in [-0.1, -0.05) is 24.6 Å². The molecular weight excluding hydrogens is 338 g/mol. The summed E-state index contributed by atoms with van der Waals surface area (Å²) in [5.41, 5.74) is 6.77. The maximum atomic E-state index is 13.0. The Morgan fingerprint density at radius 2 is 1.96 bits per heavy atom.